The Morgan fingerprint density at radius 2 is 2.05 bits per heavy atom. The van der Waals surface area contributed by atoms with Gasteiger partial charge in [0.15, 0.2) is 19.0 Å². The van der Waals surface area contributed by atoms with E-state index < -0.39 is 5.97 Å². The predicted octanol–water partition coefficient (Wildman–Crippen LogP) is 3.08. The van der Waals surface area contributed by atoms with Crippen LogP contribution >= 0.6 is 15.9 Å². The largest absolute Gasteiger partial charge is 0.482 e. The monoisotopic (exact) mass is 354 g/mol. The minimum Gasteiger partial charge on any atom is -0.482 e. The number of aromatic nitrogens is 2. The van der Waals surface area contributed by atoms with Crippen LogP contribution in [0.15, 0.2) is 33.3 Å². The fourth-order valence-corrected chi connectivity index (χ4v) is 1.68. The molecule has 0 saturated carbocycles. The second-order valence-corrected chi connectivity index (χ2v) is 5.52. The maximum Gasteiger partial charge on any atom is 0.344 e. The van der Waals surface area contributed by atoms with E-state index in [0.717, 1.165) is 4.47 Å². The molecule has 21 heavy (non-hydrogen) atoms. The van der Waals surface area contributed by atoms with Crippen molar-refractivity contribution in [2.75, 3.05) is 6.61 Å². The third-order valence-electron chi connectivity index (χ3n) is 2.53. The van der Waals surface area contributed by atoms with Crippen LogP contribution in [0.5, 0.6) is 5.75 Å². The average molecular weight is 355 g/mol. The highest BCUT2D eigenvalue weighted by Crippen LogP contribution is 2.16. The zero-order chi connectivity index (χ0) is 15.2. The van der Waals surface area contributed by atoms with Gasteiger partial charge in [0.05, 0.1) is 0 Å². The van der Waals surface area contributed by atoms with Crippen molar-refractivity contribution >= 4 is 21.9 Å². The van der Waals surface area contributed by atoms with Crippen molar-refractivity contribution in [2.45, 2.75) is 26.4 Å². The van der Waals surface area contributed by atoms with Crippen molar-refractivity contribution in [2.24, 2.45) is 0 Å². The summed E-state index contributed by atoms with van der Waals surface area (Å²) in [5.41, 5.74) is 0. The van der Waals surface area contributed by atoms with Crippen LogP contribution in [0.1, 0.15) is 31.5 Å². The van der Waals surface area contributed by atoms with Gasteiger partial charge in [-0.3, -0.25) is 0 Å². The normalized spacial score (nSPS) is 10.7. The van der Waals surface area contributed by atoms with Gasteiger partial charge in [0.1, 0.15) is 5.75 Å². The summed E-state index contributed by atoms with van der Waals surface area (Å²) in [5, 5.41) is 3.78. The van der Waals surface area contributed by atoms with Crippen LogP contribution in [0, 0.1) is 0 Å². The number of esters is 1. The lowest BCUT2D eigenvalue weighted by atomic mass is 10.2. The molecule has 1 aromatic carbocycles. The van der Waals surface area contributed by atoms with Gasteiger partial charge in [-0.05, 0) is 24.3 Å². The standard InChI is InChI=1S/C14H15BrN2O4/c1-9(2)14-16-12(21-17-14)7-20-13(18)8-19-11-5-3-10(15)4-6-11/h3-6,9H,7-8H2,1-2H3. The SMILES string of the molecule is CC(C)c1noc(COC(=O)COc2ccc(Br)cc2)n1. The molecule has 2 rings (SSSR count). The average Bonchev–Trinajstić information content (AvgIpc) is 2.93. The summed E-state index contributed by atoms with van der Waals surface area (Å²) in [6, 6.07) is 7.16. The zero-order valence-corrected chi connectivity index (χ0v) is 13.3. The smallest absolute Gasteiger partial charge is 0.344 e. The summed E-state index contributed by atoms with van der Waals surface area (Å²) in [5.74, 6) is 1.12. The Morgan fingerprint density at radius 1 is 1.33 bits per heavy atom. The van der Waals surface area contributed by atoms with Crippen LogP contribution in [0.4, 0.5) is 0 Å². The molecule has 0 spiro atoms. The summed E-state index contributed by atoms with van der Waals surface area (Å²) in [6.07, 6.45) is 0. The molecule has 0 aliphatic rings. The van der Waals surface area contributed by atoms with Crippen molar-refractivity contribution in [3.63, 3.8) is 0 Å². The van der Waals surface area contributed by atoms with E-state index in [1.165, 1.54) is 0 Å². The molecule has 6 nitrogen and oxygen atoms in total. The number of hydrogen-bond donors (Lipinski definition) is 0. The van der Waals surface area contributed by atoms with Crippen molar-refractivity contribution < 1.29 is 18.8 Å². The molecule has 0 N–H and O–H groups in total. The van der Waals surface area contributed by atoms with Gasteiger partial charge in [-0.1, -0.05) is 34.9 Å². The Labute approximate surface area is 130 Å². The van der Waals surface area contributed by atoms with E-state index in [4.69, 9.17) is 14.0 Å². The third kappa shape index (κ3) is 4.86. The minimum atomic E-state index is -0.498. The quantitative estimate of drug-likeness (QED) is 0.742. The van der Waals surface area contributed by atoms with Crippen molar-refractivity contribution in [3.05, 3.63) is 40.5 Å². The van der Waals surface area contributed by atoms with E-state index in [1.807, 2.05) is 26.0 Å². The Balaban J connectivity index is 1.75. The van der Waals surface area contributed by atoms with Crippen molar-refractivity contribution in [1.82, 2.24) is 10.1 Å². The molecular weight excluding hydrogens is 340 g/mol. The molecule has 0 fully saturated rings. The van der Waals surface area contributed by atoms with Crippen LogP contribution in [0.3, 0.4) is 0 Å². The lowest BCUT2D eigenvalue weighted by Crippen LogP contribution is -2.14. The van der Waals surface area contributed by atoms with Gasteiger partial charge in [-0.15, -0.1) is 0 Å². The Kier molecular flexibility index (Phi) is 5.32. The van der Waals surface area contributed by atoms with Gasteiger partial charge in [-0.2, -0.15) is 4.98 Å². The van der Waals surface area contributed by atoms with Crippen LogP contribution in [-0.4, -0.2) is 22.7 Å². The summed E-state index contributed by atoms with van der Waals surface area (Å²) >= 11 is 3.32. The van der Waals surface area contributed by atoms with Crippen LogP contribution < -0.4 is 4.74 Å². The third-order valence-corrected chi connectivity index (χ3v) is 3.06. The number of halogens is 1. The zero-order valence-electron chi connectivity index (χ0n) is 11.7. The molecule has 0 unspecified atom stereocenters. The van der Waals surface area contributed by atoms with E-state index in [2.05, 4.69) is 26.1 Å². The summed E-state index contributed by atoms with van der Waals surface area (Å²) in [4.78, 5) is 15.7. The molecule has 7 heteroatoms. The summed E-state index contributed by atoms with van der Waals surface area (Å²) < 4.78 is 16.2. The van der Waals surface area contributed by atoms with Crippen LogP contribution in [-0.2, 0) is 16.1 Å². The van der Waals surface area contributed by atoms with Crippen molar-refractivity contribution in [1.29, 1.82) is 0 Å². The highest BCUT2D eigenvalue weighted by atomic mass is 79.9. The second-order valence-electron chi connectivity index (χ2n) is 4.60. The fraction of sp³-hybridized carbons (Fsp3) is 0.357. The first-order valence-electron chi connectivity index (χ1n) is 6.41. The van der Waals surface area contributed by atoms with E-state index in [-0.39, 0.29) is 25.0 Å². The minimum absolute atomic E-state index is 0.0533. The maximum atomic E-state index is 11.6. The van der Waals surface area contributed by atoms with Crippen LogP contribution in [0.25, 0.3) is 0 Å². The van der Waals surface area contributed by atoms with Gasteiger partial charge < -0.3 is 14.0 Å². The molecule has 0 aliphatic carbocycles. The molecule has 0 bridgehead atoms. The molecular formula is C14H15BrN2O4. The first-order valence-corrected chi connectivity index (χ1v) is 7.20. The Morgan fingerprint density at radius 3 is 2.67 bits per heavy atom. The number of carbonyl (C=O) groups is 1. The lowest BCUT2D eigenvalue weighted by molar-refractivity contribution is -0.148. The number of benzene rings is 1. The fourth-order valence-electron chi connectivity index (χ4n) is 1.42. The van der Waals surface area contributed by atoms with Gasteiger partial charge in [0.25, 0.3) is 5.89 Å². The van der Waals surface area contributed by atoms with E-state index in [1.54, 1.807) is 12.1 Å². The highest BCUT2D eigenvalue weighted by Gasteiger charge is 2.12. The van der Waals surface area contributed by atoms with E-state index in [0.29, 0.717) is 11.6 Å². The second kappa shape index (κ2) is 7.21. The number of nitrogens with zero attached hydrogens (tertiary/aromatic N) is 2. The molecule has 0 radical (unpaired) electrons. The van der Waals surface area contributed by atoms with E-state index >= 15 is 0 Å². The first-order chi connectivity index (χ1) is 10.0. The molecule has 0 amide bonds. The highest BCUT2D eigenvalue weighted by molar-refractivity contribution is 9.10. The Bertz CT molecular complexity index is 595. The summed E-state index contributed by atoms with van der Waals surface area (Å²) in [7, 11) is 0. The first kappa shape index (κ1) is 15.5. The molecule has 0 atom stereocenters. The Hall–Kier alpha value is -1.89. The molecule has 0 aliphatic heterocycles. The van der Waals surface area contributed by atoms with E-state index in [9.17, 15) is 4.79 Å². The molecule has 1 aromatic heterocycles. The summed E-state index contributed by atoms with van der Waals surface area (Å²) in [6.45, 7) is 3.68. The number of carbonyl (C=O) groups excluding carboxylic acids is 1. The molecule has 2 aromatic rings. The van der Waals surface area contributed by atoms with Gasteiger partial charge in [0.2, 0.25) is 0 Å². The number of hydrogen-bond acceptors (Lipinski definition) is 6. The van der Waals surface area contributed by atoms with Gasteiger partial charge in [0, 0.05) is 10.4 Å². The van der Waals surface area contributed by atoms with Crippen molar-refractivity contribution in [3.8, 4) is 5.75 Å². The van der Waals surface area contributed by atoms with Crippen LogP contribution in [0.2, 0.25) is 0 Å². The molecule has 0 saturated heterocycles. The van der Waals surface area contributed by atoms with Gasteiger partial charge in [-0.25, -0.2) is 4.79 Å². The lowest BCUT2D eigenvalue weighted by Gasteiger charge is -2.05. The molecule has 112 valence electrons. The molecule has 1 heterocycles. The topological polar surface area (TPSA) is 74.5 Å². The predicted molar refractivity (Wildman–Crippen MR) is 77.8 cm³/mol. The number of ether oxygens (including phenoxy) is 2. The van der Waals surface area contributed by atoms with Gasteiger partial charge >= 0.3 is 5.97 Å². The number of rotatable bonds is 6. The maximum absolute atomic E-state index is 11.6.